The Morgan fingerprint density at radius 3 is 2.68 bits per heavy atom. The number of aromatic nitrogens is 1. The first-order chi connectivity index (χ1) is 8.97. The quantitative estimate of drug-likeness (QED) is 0.937. The Kier molecular flexibility index (Phi) is 4.02. The zero-order valence-electron chi connectivity index (χ0n) is 9.53. The molecule has 0 saturated heterocycles. The topological polar surface area (TPSA) is 50.2 Å². The fourth-order valence-corrected chi connectivity index (χ4v) is 2.00. The van der Waals surface area contributed by atoms with Crippen molar-refractivity contribution < 1.29 is 14.3 Å². The Morgan fingerprint density at radius 1 is 1.32 bits per heavy atom. The van der Waals surface area contributed by atoms with E-state index in [1.54, 1.807) is 18.2 Å². The van der Waals surface area contributed by atoms with E-state index in [2.05, 4.69) is 4.98 Å². The highest BCUT2D eigenvalue weighted by Gasteiger charge is 2.12. The second-order valence-electron chi connectivity index (χ2n) is 3.85. The molecule has 19 heavy (non-hydrogen) atoms. The molecule has 0 saturated carbocycles. The molecular formula is C13H8Cl2FNO2. The Labute approximate surface area is 118 Å². The summed E-state index contributed by atoms with van der Waals surface area (Å²) in [7, 11) is 0. The number of benzene rings is 1. The van der Waals surface area contributed by atoms with Crippen molar-refractivity contribution in [3.63, 3.8) is 0 Å². The number of aliphatic carboxylic acids is 1. The summed E-state index contributed by atoms with van der Waals surface area (Å²) in [5.74, 6) is -1.82. The largest absolute Gasteiger partial charge is 0.481 e. The molecule has 2 aromatic rings. The van der Waals surface area contributed by atoms with Gasteiger partial charge in [0.2, 0.25) is 0 Å². The average molecular weight is 300 g/mol. The first-order valence-electron chi connectivity index (χ1n) is 5.29. The minimum absolute atomic E-state index is 0.116. The van der Waals surface area contributed by atoms with Crippen LogP contribution in [0.1, 0.15) is 5.69 Å². The third kappa shape index (κ3) is 3.22. The fraction of sp³-hybridized carbons (Fsp3) is 0.0769. The predicted molar refractivity (Wildman–Crippen MR) is 71.0 cm³/mol. The van der Waals surface area contributed by atoms with E-state index in [9.17, 15) is 9.18 Å². The maximum Gasteiger partial charge on any atom is 0.309 e. The number of halogens is 3. The lowest BCUT2D eigenvalue weighted by Crippen LogP contribution is -2.05. The summed E-state index contributed by atoms with van der Waals surface area (Å²) < 4.78 is 13.7. The van der Waals surface area contributed by atoms with E-state index in [-0.39, 0.29) is 5.69 Å². The van der Waals surface area contributed by atoms with Crippen LogP contribution in [0.25, 0.3) is 11.1 Å². The van der Waals surface area contributed by atoms with Crippen LogP contribution in [0.5, 0.6) is 0 Å². The van der Waals surface area contributed by atoms with Crippen molar-refractivity contribution in [3.8, 4) is 11.1 Å². The Balaban J connectivity index is 2.44. The van der Waals surface area contributed by atoms with Gasteiger partial charge in [0.15, 0.2) is 0 Å². The summed E-state index contributed by atoms with van der Waals surface area (Å²) in [5.41, 5.74) is 0.871. The molecule has 0 aliphatic heterocycles. The van der Waals surface area contributed by atoms with Gasteiger partial charge in [0.05, 0.1) is 12.1 Å². The van der Waals surface area contributed by atoms with Crippen molar-refractivity contribution in [1.82, 2.24) is 4.98 Å². The minimum atomic E-state index is -1.14. The third-order valence-electron chi connectivity index (χ3n) is 2.48. The van der Waals surface area contributed by atoms with Gasteiger partial charge in [-0.25, -0.2) is 4.39 Å². The second-order valence-corrected chi connectivity index (χ2v) is 4.69. The van der Waals surface area contributed by atoms with Crippen LogP contribution in [-0.4, -0.2) is 16.1 Å². The summed E-state index contributed by atoms with van der Waals surface area (Å²) in [6, 6.07) is 6.01. The van der Waals surface area contributed by atoms with E-state index in [4.69, 9.17) is 28.3 Å². The zero-order valence-corrected chi connectivity index (χ0v) is 11.0. The standard InChI is InChI=1S/C13H8Cl2FNO2/c14-8-1-2-10(15)9(4-8)7-3-11(16)12(17-6-7)5-13(18)19/h1-4,6H,5H2,(H,18,19). The maximum absolute atomic E-state index is 13.7. The van der Waals surface area contributed by atoms with Crippen molar-refractivity contribution >= 4 is 29.2 Å². The number of carboxylic acid groups (broad SMARTS) is 1. The van der Waals surface area contributed by atoms with Crippen molar-refractivity contribution in [2.24, 2.45) is 0 Å². The van der Waals surface area contributed by atoms with Crippen LogP contribution in [0.3, 0.4) is 0 Å². The van der Waals surface area contributed by atoms with Crippen molar-refractivity contribution in [2.75, 3.05) is 0 Å². The predicted octanol–water partition coefficient (Wildman–Crippen LogP) is 3.82. The van der Waals surface area contributed by atoms with Gasteiger partial charge >= 0.3 is 5.97 Å². The normalized spacial score (nSPS) is 10.5. The molecule has 3 nitrogen and oxygen atoms in total. The van der Waals surface area contributed by atoms with Gasteiger partial charge in [-0.1, -0.05) is 23.2 Å². The molecule has 2 rings (SSSR count). The fourth-order valence-electron chi connectivity index (χ4n) is 1.61. The van der Waals surface area contributed by atoms with Crippen molar-refractivity contribution in [1.29, 1.82) is 0 Å². The van der Waals surface area contributed by atoms with Crippen LogP contribution in [0, 0.1) is 5.82 Å². The summed E-state index contributed by atoms with van der Waals surface area (Å²) in [4.78, 5) is 14.3. The lowest BCUT2D eigenvalue weighted by atomic mass is 10.1. The summed E-state index contributed by atoms with van der Waals surface area (Å²) in [6.45, 7) is 0. The summed E-state index contributed by atoms with van der Waals surface area (Å²) in [5, 5.41) is 9.49. The molecule has 0 atom stereocenters. The maximum atomic E-state index is 13.7. The molecule has 1 N–H and O–H groups in total. The van der Waals surface area contributed by atoms with Crippen LogP contribution in [-0.2, 0) is 11.2 Å². The van der Waals surface area contributed by atoms with Gasteiger partial charge in [0.25, 0.3) is 0 Å². The Morgan fingerprint density at radius 2 is 2.05 bits per heavy atom. The van der Waals surface area contributed by atoms with Gasteiger partial charge in [-0.15, -0.1) is 0 Å². The van der Waals surface area contributed by atoms with Gasteiger partial charge in [-0.05, 0) is 24.3 Å². The molecule has 0 radical (unpaired) electrons. The first-order valence-corrected chi connectivity index (χ1v) is 6.04. The molecule has 0 bridgehead atoms. The molecule has 0 aliphatic carbocycles. The van der Waals surface area contributed by atoms with Gasteiger partial charge in [-0.2, -0.15) is 0 Å². The van der Waals surface area contributed by atoms with E-state index in [1.807, 2.05) is 0 Å². The van der Waals surface area contributed by atoms with E-state index in [1.165, 1.54) is 12.3 Å². The summed E-state index contributed by atoms with van der Waals surface area (Å²) >= 11 is 11.9. The number of hydrogen-bond donors (Lipinski definition) is 1. The monoisotopic (exact) mass is 299 g/mol. The molecule has 1 heterocycles. The van der Waals surface area contributed by atoms with Gasteiger partial charge in [-0.3, -0.25) is 9.78 Å². The molecule has 1 aromatic carbocycles. The third-order valence-corrected chi connectivity index (χ3v) is 3.04. The molecule has 0 fully saturated rings. The number of hydrogen-bond acceptors (Lipinski definition) is 2. The SMILES string of the molecule is O=C(O)Cc1ncc(-c2cc(Cl)ccc2Cl)cc1F. The molecular weight excluding hydrogens is 292 g/mol. The van der Waals surface area contributed by atoms with Gasteiger partial charge in [0.1, 0.15) is 5.82 Å². The Bertz CT molecular complexity index is 647. The van der Waals surface area contributed by atoms with Crippen LogP contribution >= 0.6 is 23.2 Å². The van der Waals surface area contributed by atoms with E-state index in [0.717, 1.165) is 0 Å². The van der Waals surface area contributed by atoms with Gasteiger partial charge < -0.3 is 5.11 Å². The highest BCUT2D eigenvalue weighted by atomic mass is 35.5. The van der Waals surface area contributed by atoms with Crippen molar-refractivity contribution in [3.05, 3.63) is 52.0 Å². The van der Waals surface area contributed by atoms with Gasteiger partial charge in [0, 0.05) is 27.4 Å². The molecule has 1 aromatic heterocycles. The van der Waals surface area contributed by atoms with Crippen LogP contribution in [0.15, 0.2) is 30.5 Å². The number of nitrogens with zero attached hydrogens (tertiary/aromatic N) is 1. The second kappa shape index (κ2) is 5.55. The molecule has 0 unspecified atom stereocenters. The highest BCUT2D eigenvalue weighted by molar-refractivity contribution is 6.35. The molecule has 98 valence electrons. The smallest absolute Gasteiger partial charge is 0.309 e. The number of rotatable bonds is 3. The van der Waals surface area contributed by atoms with Crippen LogP contribution in [0.4, 0.5) is 4.39 Å². The van der Waals surface area contributed by atoms with Crippen LogP contribution in [0.2, 0.25) is 10.0 Å². The first kappa shape index (κ1) is 13.8. The molecule has 0 spiro atoms. The zero-order chi connectivity index (χ0) is 14.0. The summed E-state index contributed by atoms with van der Waals surface area (Å²) in [6.07, 6.45) is 0.911. The van der Waals surface area contributed by atoms with E-state index < -0.39 is 18.2 Å². The Hall–Kier alpha value is -1.65. The van der Waals surface area contributed by atoms with Crippen LogP contribution < -0.4 is 0 Å². The molecule has 0 aliphatic rings. The van der Waals surface area contributed by atoms with Crippen molar-refractivity contribution in [2.45, 2.75) is 6.42 Å². The lowest BCUT2D eigenvalue weighted by molar-refractivity contribution is -0.136. The average Bonchev–Trinajstić information content (AvgIpc) is 2.34. The number of carboxylic acids is 1. The number of carbonyl (C=O) groups is 1. The van der Waals surface area contributed by atoms with E-state index in [0.29, 0.717) is 21.2 Å². The molecule has 0 amide bonds. The van der Waals surface area contributed by atoms with E-state index >= 15 is 0 Å². The highest BCUT2D eigenvalue weighted by Crippen LogP contribution is 2.30. The minimum Gasteiger partial charge on any atom is -0.481 e. The molecule has 6 heteroatoms. The number of pyridine rings is 1. The lowest BCUT2D eigenvalue weighted by Gasteiger charge is -2.06.